The van der Waals surface area contributed by atoms with E-state index in [-0.39, 0.29) is 5.43 Å². The van der Waals surface area contributed by atoms with E-state index in [4.69, 9.17) is 5.73 Å². The Balaban J connectivity index is 2.70. The molecule has 1 heterocycles. The molecule has 0 unspecified atom stereocenters. The number of nitrogens with one attached hydrogen (secondary N) is 1. The third kappa shape index (κ3) is 3.14. The van der Waals surface area contributed by atoms with Crippen LogP contribution in [0.25, 0.3) is 10.9 Å². The number of benzene rings is 1. The van der Waals surface area contributed by atoms with Gasteiger partial charge in [-0.05, 0) is 28.8 Å². The van der Waals surface area contributed by atoms with Crippen molar-refractivity contribution in [3.63, 3.8) is 0 Å². The summed E-state index contributed by atoms with van der Waals surface area (Å²) in [6, 6.07) is 7.16. The fraction of sp³-hybridized carbons (Fsp3) is 0.450. The molecule has 3 nitrogen and oxygen atoms in total. The van der Waals surface area contributed by atoms with Gasteiger partial charge >= 0.3 is 0 Å². The first kappa shape index (κ1) is 18.3. The zero-order valence-corrected chi connectivity index (χ0v) is 16.5. The molecule has 4 heteroatoms. The van der Waals surface area contributed by atoms with Crippen LogP contribution in [0, 0.1) is 11.5 Å². The number of hydrogen-bond acceptors (Lipinski definition) is 2. The molecule has 0 saturated heterocycles. The molecular formula is C20H28N2OSi. The Morgan fingerprint density at radius 1 is 1.04 bits per heavy atom. The van der Waals surface area contributed by atoms with Gasteiger partial charge in [0.25, 0.3) is 0 Å². The molecule has 0 fully saturated rings. The Kier molecular flexibility index (Phi) is 5.25. The lowest BCUT2D eigenvalue weighted by Gasteiger charge is -2.38. The second-order valence-electron chi connectivity index (χ2n) is 7.46. The van der Waals surface area contributed by atoms with E-state index in [9.17, 15) is 4.79 Å². The fourth-order valence-electron chi connectivity index (χ4n) is 4.04. The van der Waals surface area contributed by atoms with Crippen LogP contribution >= 0.6 is 0 Å². The Labute approximate surface area is 145 Å². The number of rotatable bonds is 3. The van der Waals surface area contributed by atoms with E-state index in [1.54, 1.807) is 0 Å². The first-order chi connectivity index (χ1) is 11.2. The van der Waals surface area contributed by atoms with E-state index >= 15 is 0 Å². The van der Waals surface area contributed by atoms with E-state index in [2.05, 4.69) is 58.0 Å². The second kappa shape index (κ2) is 6.86. The molecule has 2 rings (SSSR count). The molecule has 0 spiro atoms. The second-order valence-corrected chi connectivity index (χ2v) is 13.0. The summed E-state index contributed by atoms with van der Waals surface area (Å²) in [5, 5.41) is 0.637. The predicted octanol–water partition coefficient (Wildman–Crippen LogP) is 4.68. The smallest absolute Gasteiger partial charge is 0.192 e. The predicted molar refractivity (Wildman–Crippen MR) is 107 cm³/mol. The van der Waals surface area contributed by atoms with Crippen LogP contribution in [0.5, 0.6) is 0 Å². The molecule has 0 bridgehead atoms. The van der Waals surface area contributed by atoms with Gasteiger partial charge < -0.3 is 10.7 Å². The van der Waals surface area contributed by atoms with Crippen LogP contribution in [0.3, 0.4) is 0 Å². The molecule has 1 aromatic carbocycles. The highest BCUT2D eigenvalue weighted by Crippen LogP contribution is 2.40. The number of hydrogen-bond donors (Lipinski definition) is 2. The van der Waals surface area contributed by atoms with E-state index < -0.39 is 8.07 Å². The monoisotopic (exact) mass is 340 g/mol. The number of pyridine rings is 1. The van der Waals surface area contributed by atoms with Gasteiger partial charge in [-0.1, -0.05) is 53.5 Å². The quantitative estimate of drug-likeness (QED) is 0.629. The minimum Gasteiger partial charge on any atom is -0.385 e. The number of fused-ring (bicyclic) bond motifs is 1. The van der Waals surface area contributed by atoms with Gasteiger partial charge in [-0.25, -0.2) is 0 Å². The van der Waals surface area contributed by atoms with E-state index in [0.29, 0.717) is 27.8 Å². The summed E-state index contributed by atoms with van der Waals surface area (Å²) in [7, 11) is -1.82. The maximum Gasteiger partial charge on any atom is 0.192 e. The van der Waals surface area contributed by atoms with Crippen molar-refractivity contribution < 1.29 is 0 Å². The highest BCUT2D eigenvalue weighted by Gasteiger charge is 2.41. The van der Waals surface area contributed by atoms with E-state index in [0.717, 1.165) is 11.1 Å². The molecule has 0 aliphatic heterocycles. The summed E-state index contributed by atoms with van der Waals surface area (Å²) in [4.78, 5) is 15.4. The van der Waals surface area contributed by atoms with Crippen molar-refractivity contribution in [2.75, 3.05) is 5.73 Å². The number of aromatic amines is 1. The zero-order chi connectivity index (χ0) is 18.1. The number of anilines is 1. The third-order valence-corrected chi connectivity index (χ3v) is 11.4. The van der Waals surface area contributed by atoms with Gasteiger partial charge in [-0.15, -0.1) is 5.54 Å². The molecule has 2 aromatic rings. The Morgan fingerprint density at radius 2 is 1.62 bits per heavy atom. The number of aromatic nitrogens is 1. The topological polar surface area (TPSA) is 58.9 Å². The molecule has 0 radical (unpaired) electrons. The number of nitrogen functional groups attached to an aromatic ring is 1. The first-order valence-electron chi connectivity index (χ1n) is 8.64. The zero-order valence-electron chi connectivity index (χ0n) is 15.5. The van der Waals surface area contributed by atoms with Crippen LogP contribution in [-0.4, -0.2) is 13.1 Å². The first-order valence-corrected chi connectivity index (χ1v) is 10.9. The summed E-state index contributed by atoms with van der Waals surface area (Å²) in [5.41, 5.74) is 12.6. The van der Waals surface area contributed by atoms with Crippen molar-refractivity contribution >= 4 is 24.8 Å². The lowest BCUT2D eigenvalue weighted by Crippen LogP contribution is -2.43. The highest BCUT2D eigenvalue weighted by atomic mass is 28.3. The van der Waals surface area contributed by atoms with E-state index in [1.807, 2.05) is 18.2 Å². The molecule has 1 aromatic heterocycles. The van der Waals surface area contributed by atoms with E-state index in [1.165, 1.54) is 6.07 Å². The van der Waals surface area contributed by atoms with Gasteiger partial charge in [0, 0.05) is 11.6 Å². The fourth-order valence-corrected chi connectivity index (χ4v) is 9.26. The van der Waals surface area contributed by atoms with Crippen molar-refractivity contribution in [3.05, 3.63) is 40.1 Å². The number of H-pyrrole nitrogens is 1. The minimum atomic E-state index is -1.82. The molecule has 0 amide bonds. The average Bonchev–Trinajstić information content (AvgIpc) is 2.46. The van der Waals surface area contributed by atoms with Crippen LogP contribution < -0.4 is 11.2 Å². The molecule has 0 aliphatic rings. The van der Waals surface area contributed by atoms with Crippen LogP contribution in [0.15, 0.2) is 29.1 Å². The van der Waals surface area contributed by atoms with Crippen LogP contribution in [-0.2, 0) is 0 Å². The Hall–Kier alpha value is -1.99. The molecule has 0 saturated carbocycles. The summed E-state index contributed by atoms with van der Waals surface area (Å²) in [6.45, 7) is 13.7. The van der Waals surface area contributed by atoms with Gasteiger partial charge in [-0.3, -0.25) is 4.79 Å². The van der Waals surface area contributed by atoms with Crippen molar-refractivity contribution in [1.82, 2.24) is 4.98 Å². The van der Waals surface area contributed by atoms with Gasteiger partial charge in [0.15, 0.2) is 5.43 Å². The summed E-state index contributed by atoms with van der Waals surface area (Å²) in [6.07, 6.45) is 0. The largest absolute Gasteiger partial charge is 0.385 e. The van der Waals surface area contributed by atoms with Crippen LogP contribution in [0.4, 0.5) is 5.82 Å². The molecule has 24 heavy (non-hydrogen) atoms. The Bertz CT molecular complexity index is 832. The normalized spacial score (nSPS) is 12.0. The summed E-state index contributed by atoms with van der Waals surface area (Å²) < 4.78 is 0. The van der Waals surface area contributed by atoms with Crippen molar-refractivity contribution in [3.8, 4) is 11.5 Å². The maximum absolute atomic E-state index is 12.4. The molecule has 3 N–H and O–H groups in total. The lowest BCUT2D eigenvalue weighted by molar-refractivity contribution is 0.838. The molecular weight excluding hydrogens is 312 g/mol. The maximum atomic E-state index is 12.4. The highest BCUT2D eigenvalue weighted by molar-refractivity contribution is 6.90. The van der Waals surface area contributed by atoms with Crippen LogP contribution in [0.2, 0.25) is 16.6 Å². The molecule has 128 valence electrons. The standard InChI is InChI=1S/C20H28N2OSi/c1-13(2)24(14(3)4,15(5)6)11-10-16-8-7-9-17-20(16)18(23)12-19(21)22-17/h7-9,12-15H,1-6H3,(H3,21,22,23). The summed E-state index contributed by atoms with van der Waals surface area (Å²) >= 11 is 0. The number of nitrogens with two attached hydrogens (primary N) is 1. The molecule has 0 atom stereocenters. The van der Waals surface area contributed by atoms with Crippen molar-refractivity contribution in [2.45, 2.75) is 58.2 Å². The summed E-state index contributed by atoms with van der Waals surface area (Å²) in [5.74, 6) is 3.77. The van der Waals surface area contributed by atoms with Gasteiger partial charge in [0.1, 0.15) is 13.9 Å². The lowest BCUT2D eigenvalue weighted by atomic mass is 10.1. The van der Waals surface area contributed by atoms with Crippen molar-refractivity contribution in [2.24, 2.45) is 0 Å². The van der Waals surface area contributed by atoms with Gasteiger partial charge in [-0.2, -0.15) is 0 Å². The third-order valence-electron chi connectivity index (χ3n) is 5.16. The van der Waals surface area contributed by atoms with Gasteiger partial charge in [0.05, 0.1) is 10.9 Å². The van der Waals surface area contributed by atoms with Gasteiger partial charge in [0.2, 0.25) is 0 Å². The van der Waals surface area contributed by atoms with Crippen LogP contribution in [0.1, 0.15) is 47.1 Å². The molecule has 0 aliphatic carbocycles. The minimum absolute atomic E-state index is 0.0722. The Morgan fingerprint density at radius 3 is 2.17 bits per heavy atom. The van der Waals surface area contributed by atoms with Crippen molar-refractivity contribution in [1.29, 1.82) is 0 Å². The SMILES string of the molecule is CC(C)[Si](C#Cc1cccc2[nH]c(N)cc(=O)c12)(C(C)C)C(C)C. The average molecular weight is 341 g/mol.